The minimum absolute atomic E-state index is 0.377. The van der Waals surface area contributed by atoms with Crippen LogP contribution in [-0.2, 0) is 13.6 Å². The second-order valence-electron chi connectivity index (χ2n) is 5.63. The highest BCUT2D eigenvalue weighted by molar-refractivity contribution is 5.74. The minimum atomic E-state index is -0.432. The van der Waals surface area contributed by atoms with E-state index in [2.05, 4.69) is 14.9 Å². The van der Waals surface area contributed by atoms with Crippen LogP contribution in [0.1, 0.15) is 26.2 Å². The number of rotatable bonds is 3. The number of aryl methyl sites for hydroxylation is 1. The lowest BCUT2D eigenvalue weighted by Gasteiger charge is -2.27. The molecule has 0 radical (unpaired) electrons. The van der Waals surface area contributed by atoms with Gasteiger partial charge in [-0.25, -0.2) is 4.79 Å². The van der Waals surface area contributed by atoms with E-state index in [1.54, 1.807) is 7.05 Å². The number of fused-ring (bicyclic) bond motifs is 1. The molecule has 0 saturated carbocycles. The van der Waals surface area contributed by atoms with Crippen LogP contribution >= 0.6 is 0 Å². The quantitative estimate of drug-likeness (QED) is 0.858. The molecule has 22 heavy (non-hydrogen) atoms. The molecule has 1 N–H and O–H groups in total. The average Bonchev–Trinajstić information content (AvgIpc) is 2.91. The van der Waals surface area contributed by atoms with Crippen molar-refractivity contribution in [3.63, 3.8) is 0 Å². The first kappa shape index (κ1) is 14.6. The number of piperidine rings is 1. The molecule has 0 atom stereocenters. The predicted molar refractivity (Wildman–Crippen MR) is 86.5 cm³/mol. The van der Waals surface area contributed by atoms with Gasteiger partial charge in [-0.05, 0) is 26.2 Å². The zero-order chi connectivity index (χ0) is 15.7. The molecule has 7 nitrogen and oxygen atoms in total. The summed E-state index contributed by atoms with van der Waals surface area (Å²) in [4.78, 5) is 33.2. The van der Waals surface area contributed by atoms with Crippen molar-refractivity contribution < 1.29 is 0 Å². The van der Waals surface area contributed by atoms with E-state index in [0.717, 1.165) is 31.9 Å². The van der Waals surface area contributed by atoms with Crippen molar-refractivity contribution in [3.05, 3.63) is 33.0 Å². The zero-order valence-electron chi connectivity index (χ0n) is 13.0. The Morgan fingerprint density at radius 3 is 2.64 bits per heavy atom. The van der Waals surface area contributed by atoms with Gasteiger partial charge < -0.3 is 9.47 Å². The highest BCUT2D eigenvalue weighted by Crippen LogP contribution is 2.22. The molecule has 0 bridgehead atoms. The average molecular weight is 303 g/mol. The fraction of sp³-hybridized carbons (Fsp3) is 0.533. The summed E-state index contributed by atoms with van der Waals surface area (Å²) in [5.41, 5.74) is 0.0938. The van der Waals surface area contributed by atoms with Gasteiger partial charge in [-0.15, -0.1) is 0 Å². The Hall–Kier alpha value is -2.31. The van der Waals surface area contributed by atoms with Crippen molar-refractivity contribution in [2.45, 2.75) is 32.7 Å². The van der Waals surface area contributed by atoms with Crippen LogP contribution in [0.25, 0.3) is 11.2 Å². The summed E-state index contributed by atoms with van der Waals surface area (Å²) in [5, 5.41) is 0. The number of hydrogen-bond donors (Lipinski definition) is 1. The van der Waals surface area contributed by atoms with Gasteiger partial charge >= 0.3 is 5.69 Å². The van der Waals surface area contributed by atoms with Crippen molar-refractivity contribution in [1.29, 1.82) is 0 Å². The van der Waals surface area contributed by atoms with Gasteiger partial charge in [0.1, 0.15) is 0 Å². The molecule has 0 spiro atoms. The number of aromatic amines is 1. The molecule has 118 valence electrons. The summed E-state index contributed by atoms with van der Waals surface area (Å²) in [7, 11) is 1.63. The molecule has 0 unspecified atom stereocenters. The summed E-state index contributed by atoms with van der Waals surface area (Å²) < 4.78 is 3.30. The first-order chi connectivity index (χ1) is 10.6. The monoisotopic (exact) mass is 303 g/mol. The van der Waals surface area contributed by atoms with Gasteiger partial charge in [0.15, 0.2) is 11.2 Å². The number of imidazole rings is 1. The summed E-state index contributed by atoms with van der Waals surface area (Å²) in [6.07, 6.45) is 7.41. The third kappa shape index (κ3) is 2.36. The largest absolute Gasteiger partial charge is 0.342 e. The lowest BCUT2D eigenvalue weighted by molar-refractivity contribution is 0.560. The molecule has 3 rings (SSSR count). The van der Waals surface area contributed by atoms with Crippen LogP contribution in [-0.4, -0.2) is 32.2 Å². The molecule has 3 heterocycles. The molecule has 7 heteroatoms. The Labute approximate surface area is 127 Å². The van der Waals surface area contributed by atoms with Crippen LogP contribution in [0.5, 0.6) is 0 Å². The molecule has 2 aromatic heterocycles. The molecule has 1 aliphatic rings. The van der Waals surface area contributed by atoms with E-state index < -0.39 is 5.69 Å². The van der Waals surface area contributed by atoms with Gasteiger partial charge in [-0.2, -0.15) is 4.98 Å². The molecular weight excluding hydrogens is 282 g/mol. The van der Waals surface area contributed by atoms with Crippen LogP contribution in [0.2, 0.25) is 0 Å². The normalized spacial score (nSPS) is 16.0. The predicted octanol–water partition coefficient (Wildman–Crippen LogP) is 0.990. The number of allylic oxidation sites excluding steroid dienone is 2. The Morgan fingerprint density at radius 2 is 1.95 bits per heavy atom. The molecular formula is C15H21N5O2. The maximum absolute atomic E-state index is 12.3. The van der Waals surface area contributed by atoms with Crippen molar-refractivity contribution >= 4 is 17.1 Å². The van der Waals surface area contributed by atoms with Gasteiger partial charge in [0, 0.05) is 26.7 Å². The van der Waals surface area contributed by atoms with Gasteiger partial charge in [0.05, 0.1) is 0 Å². The fourth-order valence-corrected chi connectivity index (χ4v) is 2.94. The Balaban J connectivity index is 2.25. The molecule has 0 amide bonds. The van der Waals surface area contributed by atoms with E-state index in [-0.39, 0.29) is 5.56 Å². The number of aromatic nitrogens is 4. The number of hydrogen-bond acceptors (Lipinski definition) is 4. The van der Waals surface area contributed by atoms with Gasteiger partial charge in [-0.1, -0.05) is 12.2 Å². The number of nitrogens with one attached hydrogen (secondary N) is 1. The van der Waals surface area contributed by atoms with Crippen molar-refractivity contribution in [1.82, 2.24) is 19.1 Å². The van der Waals surface area contributed by atoms with Crippen LogP contribution in [0.15, 0.2) is 21.7 Å². The zero-order valence-corrected chi connectivity index (χ0v) is 13.0. The van der Waals surface area contributed by atoms with E-state index >= 15 is 0 Å². The second kappa shape index (κ2) is 5.82. The third-order valence-electron chi connectivity index (χ3n) is 4.15. The van der Waals surface area contributed by atoms with Gasteiger partial charge in [-0.3, -0.25) is 14.3 Å². The van der Waals surface area contributed by atoms with Crippen LogP contribution in [0, 0.1) is 0 Å². The molecule has 0 aliphatic carbocycles. The summed E-state index contributed by atoms with van der Waals surface area (Å²) >= 11 is 0. The van der Waals surface area contributed by atoms with Crippen LogP contribution in [0.4, 0.5) is 5.95 Å². The molecule has 1 aliphatic heterocycles. The summed E-state index contributed by atoms with van der Waals surface area (Å²) in [6, 6.07) is 0. The smallest absolute Gasteiger partial charge is 0.329 e. The first-order valence-electron chi connectivity index (χ1n) is 7.69. The topological polar surface area (TPSA) is 75.9 Å². The number of anilines is 1. The lowest BCUT2D eigenvalue weighted by Crippen LogP contribution is -2.32. The second-order valence-corrected chi connectivity index (χ2v) is 5.63. The highest BCUT2D eigenvalue weighted by atomic mass is 16.2. The van der Waals surface area contributed by atoms with Gasteiger partial charge in [0.2, 0.25) is 5.95 Å². The van der Waals surface area contributed by atoms with E-state index in [4.69, 9.17) is 0 Å². The SMILES string of the molecule is C/C=C\Cn1c(N2CCCCC2)nc2c1c(=O)[nH]c(=O)n2C. The third-order valence-corrected chi connectivity index (χ3v) is 4.15. The molecule has 1 fully saturated rings. The Morgan fingerprint density at radius 1 is 1.23 bits per heavy atom. The summed E-state index contributed by atoms with van der Waals surface area (Å²) in [6.45, 7) is 4.38. The van der Waals surface area contributed by atoms with E-state index in [1.807, 2.05) is 23.6 Å². The van der Waals surface area contributed by atoms with E-state index in [1.165, 1.54) is 11.0 Å². The highest BCUT2D eigenvalue weighted by Gasteiger charge is 2.22. The standard InChI is InChI=1S/C15H21N5O2/c1-3-4-10-20-11-12(18(2)15(22)17-13(11)21)16-14(20)19-8-6-5-7-9-19/h3-4H,5-10H2,1-2H3,(H,17,21,22)/b4-3-. The van der Waals surface area contributed by atoms with Crippen LogP contribution < -0.4 is 16.1 Å². The number of H-pyrrole nitrogens is 1. The molecule has 1 saturated heterocycles. The maximum Gasteiger partial charge on any atom is 0.329 e. The fourth-order valence-electron chi connectivity index (χ4n) is 2.94. The lowest BCUT2D eigenvalue weighted by atomic mass is 10.1. The van der Waals surface area contributed by atoms with E-state index in [9.17, 15) is 9.59 Å². The first-order valence-corrected chi connectivity index (χ1v) is 7.69. The van der Waals surface area contributed by atoms with Crippen LogP contribution in [0.3, 0.4) is 0 Å². The molecule has 2 aromatic rings. The van der Waals surface area contributed by atoms with Gasteiger partial charge in [0.25, 0.3) is 5.56 Å². The van der Waals surface area contributed by atoms with Crippen molar-refractivity contribution in [2.24, 2.45) is 7.05 Å². The maximum atomic E-state index is 12.3. The van der Waals surface area contributed by atoms with E-state index in [0.29, 0.717) is 17.7 Å². The summed E-state index contributed by atoms with van der Waals surface area (Å²) in [5.74, 6) is 0.777. The van der Waals surface area contributed by atoms with Crippen molar-refractivity contribution in [2.75, 3.05) is 18.0 Å². The minimum Gasteiger partial charge on any atom is -0.342 e. The Kier molecular flexibility index (Phi) is 3.87. The molecule has 0 aromatic carbocycles. The van der Waals surface area contributed by atoms with Crippen molar-refractivity contribution in [3.8, 4) is 0 Å². The number of nitrogens with zero attached hydrogens (tertiary/aromatic N) is 4. The Bertz CT molecular complexity index is 821.